The Morgan fingerprint density at radius 2 is 2.53 bits per heavy atom. The molecule has 82 valence electrons. The van der Waals surface area contributed by atoms with E-state index in [1.165, 1.54) is 12.8 Å². The first-order valence-electron chi connectivity index (χ1n) is 5.42. The zero-order chi connectivity index (χ0) is 10.8. The Bertz CT molecular complexity index is 361. The zero-order valence-electron chi connectivity index (χ0n) is 9.19. The van der Waals surface area contributed by atoms with E-state index in [2.05, 4.69) is 16.8 Å². The Morgan fingerprint density at radius 1 is 1.73 bits per heavy atom. The summed E-state index contributed by atoms with van der Waals surface area (Å²) in [7, 11) is 0. The van der Waals surface area contributed by atoms with Gasteiger partial charge in [0.2, 0.25) is 0 Å². The van der Waals surface area contributed by atoms with E-state index in [4.69, 9.17) is 0 Å². The molecule has 0 N–H and O–H groups in total. The van der Waals surface area contributed by atoms with Gasteiger partial charge in [0, 0.05) is 25.4 Å². The van der Waals surface area contributed by atoms with Crippen LogP contribution in [0.4, 0.5) is 5.13 Å². The van der Waals surface area contributed by atoms with Gasteiger partial charge in [0.1, 0.15) is 5.69 Å². The number of nitrogens with zero attached hydrogens (tertiary/aromatic N) is 2. The standard InChI is InChI=1S/C11H16N2OS/c1-3-9-4-5-13(6-9)11-12-10(7-15-11)8(2)14/h7,9H,3-6H2,1-2H3. The van der Waals surface area contributed by atoms with Crippen molar-refractivity contribution in [2.45, 2.75) is 26.7 Å². The molecule has 0 saturated carbocycles. The fourth-order valence-corrected chi connectivity index (χ4v) is 2.81. The summed E-state index contributed by atoms with van der Waals surface area (Å²) in [4.78, 5) is 17.8. The Labute approximate surface area is 94.1 Å². The van der Waals surface area contributed by atoms with Gasteiger partial charge in [0.25, 0.3) is 0 Å². The molecule has 1 unspecified atom stereocenters. The van der Waals surface area contributed by atoms with Gasteiger partial charge in [-0.25, -0.2) is 4.98 Å². The van der Waals surface area contributed by atoms with Crippen LogP contribution in [0.3, 0.4) is 0 Å². The van der Waals surface area contributed by atoms with Crippen molar-refractivity contribution in [1.82, 2.24) is 4.98 Å². The number of aromatic nitrogens is 1. The Kier molecular flexibility index (Phi) is 3.05. The van der Waals surface area contributed by atoms with Crippen molar-refractivity contribution in [3.05, 3.63) is 11.1 Å². The lowest BCUT2D eigenvalue weighted by Crippen LogP contribution is -2.19. The monoisotopic (exact) mass is 224 g/mol. The summed E-state index contributed by atoms with van der Waals surface area (Å²) in [6.07, 6.45) is 2.49. The minimum atomic E-state index is 0.0590. The minimum absolute atomic E-state index is 0.0590. The average Bonchev–Trinajstić information content (AvgIpc) is 2.86. The molecule has 1 atom stereocenters. The lowest BCUT2D eigenvalue weighted by molar-refractivity contribution is 0.101. The van der Waals surface area contributed by atoms with Gasteiger partial charge in [0.05, 0.1) is 0 Å². The molecule has 0 amide bonds. The topological polar surface area (TPSA) is 33.2 Å². The Morgan fingerprint density at radius 3 is 3.07 bits per heavy atom. The van der Waals surface area contributed by atoms with E-state index in [0.717, 1.165) is 24.1 Å². The molecule has 0 spiro atoms. The highest BCUT2D eigenvalue weighted by molar-refractivity contribution is 7.13. The third kappa shape index (κ3) is 2.20. The van der Waals surface area contributed by atoms with Crippen LogP contribution < -0.4 is 4.90 Å². The molecule has 3 nitrogen and oxygen atoms in total. The number of anilines is 1. The molecule has 15 heavy (non-hydrogen) atoms. The molecule has 2 rings (SSSR count). The molecule has 1 saturated heterocycles. The molecule has 1 aromatic rings. The smallest absolute Gasteiger partial charge is 0.185 e. The zero-order valence-corrected chi connectivity index (χ0v) is 10.0. The van der Waals surface area contributed by atoms with E-state index in [1.54, 1.807) is 18.3 Å². The molecule has 1 aliphatic heterocycles. The van der Waals surface area contributed by atoms with E-state index in [0.29, 0.717) is 5.69 Å². The lowest BCUT2D eigenvalue weighted by atomic mass is 10.1. The fourth-order valence-electron chi connectivity index (χ4n) is 1.91. The van der Waals surface area contributed by atoms with Crippen molar-refractivity contribution in [2.75, 3.05) is 18.0 Å². The van der Waals surface area contributed by atoms with E-state index < -0.39 is 0 Å². The summed E-state index contributed by atoms with van der Waals surface area (Å²) in [6, 6.07) is 0. The van der Waals surface area contributed by atoms with Gasteiger partial charge < -0.3 is 4.90 Å². The normalized spacial score (nSPS) is 20.9. The number of thiazole rings is 1. The fraction of sp³-hybridized carbons (Fsp3) is 0.636. The molecule has 2 heterocycles. The quantitative estimate of drug-likeness (QED) is 0.740. The molecule has 1 aliphatic rings. The second kappa shape index (κ2) is 4.31. The summed E-state index contributed by atoms with van der Waals surface area (Å²) >= 11 is 1.58. The number of hydrogen-bond acceptors (Lipinski definition) is 4. The van der Waals surface area contributed by atoms with Crippen molar-refractivity contribution in [3.8, 4) is 0 Å². The van der Waals surface area contributed by atoms with Crippen LogP contribution in [0.5, 0.6) is 0 Å². The first-order chi connectivity index (χ1) is 7.20. The highest BCUT2D eigenvalue weighted by Gasteiger charge is 2.23. The predicted molar refractivity (Wildman–Crippen MR) is 62.7 cm³/mol. The predicted octanol–water partition coefficient (Wildman–Crippen LogP) is 2.58. The van der Waals surface area contributed by atoms with Crippen LogP contribution in [0.15, 0.2) is 5.38 Å². The maximum absolute atomic E-state index is 11.1. The number of carbonyl (C=O) groups is 1. The summed E-state index contributed by atoms with van der Waals surface area (Å²) in [5.74, 6) is 0.860. The van der Waals surface area contributed by atoms with Gasteiger partial charge in [-0.1, -0.05) is 13.3 Å². The average molecular weight is 224 g/mol. The van der Waals surface area contributed by atoms with E-state index >= 15 is 0 Å². The summed E-state index contributed by atoms with van der Waals surface area (Å²) in [6.45, 7) is 5.99. The van der Waals surface area contributed by atoms with Gasteiger partial charge in [-0.3, -0.25) is 4.79 Å². The number of ketones is 1. The number of hydrogen-bond donors (Lipinski definition) is 0. The number of rotatable bonds is 3. The van der Waals surface area contributed by atoms with Gasteiger partial charge in [0.15, 0.2) is 10.9 Å². The minimum Gasteiger partial charge on any atom is -0.348 e. The van der Waals surface area contributed by atoms with Crippen LogP contribution in [0.2, 0.25) is 0 Å². The van der Waals surface area contributed by atoms with Crippen molar-refractivity contribution in [1.29, 1.82) is 0 Å². The second-order valence-corrected chi connectivity index (χ2v) is 4.92. The van der Waals surface area contributed by atoms with Crippen LogP contribution in [0, 0.1) is 5.92 Å². The molecule has 1 aromatic heterocycles. The highest BCUT2D eigenvalue weighted by atomic mass is 32.1. The maximum Gasteiger partial charge on any atom is 0.185 e. The van der Waals surface area contributed by atoms with Gasteiger partial charge in [-0.05, 0) is 12.3 Å². The Hall–Kier alpha value is -0.900. The van der Waals surface area contributed by atoms with Crippen molar-refractivity contribution >= 4 is 22.3 Å². The van der Waals surface area contributed by atoms with Crippen LogP contribution in [-0.2, 0) is 0 Å². The van der Waals surface area contributed by atoms with Crippen LogP contribution in [0.25, 0.3) is 0 Å². The first kappa shape index (κ1) is 10.6. The third-order valence-corrected chi connectivity index (χ3v) is 3.89. The Balaban J connectivity index is 2.07. The molecule has 1 fully saturated rings. The highest BCUT2D eigenvalue weighted by Crippen LogP contribution is 2.28. The lowest BCUT2D eigenvalue weighted by Gasteiger charge is -2.13. The molecular weight excluding hydrogens is 208 g/mol. The number of carbonyl (C=O) groups excluding carboxylic acids is 1. The van der Waals surface area contributed by atoms with E-state index in [9.17, 15) is 4.79 Å². The van der Waals surface area contributed by atoms with Gasteiger partial charge in [-0.15, -0.1) is 11.3 Å². The third-order valence-electron chi connectivity index (χ3n) is 2.99. The van der Waals surface area contributed by atoms with Crippen molar-refractivity contribution in [3.63, 3.8) is 0 Å². The van der Waals surface area contributed by atoms with Crippen LogP contribution >= 0.6 is 11.3 Å². The molecule has 4 heteroatoms. The summed E-state index contributed by atoms with van der Waals surface area (Å²) < 4.78 is 0. The summed E-state index contributed by atoms with van der Waals surface area (Å²) in [5.41, 5.74) is 0.606. The van der Waals surface area contributed by atoms with Gasteiger partial charge in [-0.2, -0.15) is 0 Å². The summed E-state index contributed by atoms with van der Waals surface area (Å²) in [5, 5.41) is 2.87. The molecule has 0 bridgehead atoms. The molecule has 0 aliphatic carbocycles. The largest absolute Gasteiger partial charge is 0.348 e. The number of Topliss-reactive ketones (excluding diaryl/α,β-unsaturated/α-hetero) is 1. The maximum atomic E-state index is 11.1. The SMILES string of the molecule is CCC1CCN(c2nc(C(C)=O)cs2)C1. The molecular formula is C11H16N2OS. The van der Waals surface area contributed by atoms with E-state index in [-0.39, 0.29) is 5.78 Å². The van der Waals surface area contributed by atoms with Crippen LogP contribution in [0.1, 0.15) is 37.2 Å². The van der Waals surface area contributed by atoms with Crippen LogP contribution in [-0.4, -0.2) is 23.9 Å². The molecule has 0 aromatic carbocycles. The second-order valence-electron chi connectivity index (χ2n) is 4.08. The first-order valence-corrected chi connectivity index (χ1v) is 6.30. The molecule has 0 radical (unpaired) electrons. The van der Waals surface area contributed by atoms with Crippen molar-refractivity contribution in [2.24, 2.45) is 5.92 Å². The van der Waals surface area contributed by atoms with Gasteiger partial charge >= 0.3 is 0 Å². The van der Waals surface area contributed by atoms with E-state index in [1.807, 2.05) is 5.38 Å². The van der Waals surface area contributed by atoms with Crippen molar-refractivity contribution < 1.29 is 4.79 Å².